The van der Waals surface area contributed by atoms with Crippen LogP contribution in [0.2, 0.25) is 0 Å². The maximum atomic E-state index is 14.6. The van der Waals surface area contributed by atoms with Gasteiger partial charge in [-0.05, 0) is 84.9 Å². The highest BCUT2D eigenvalue weighted by Gasteiger charge is 2.50. The number of aryl methyl sites for hydroxylation is 1. The minimum absolute atomic E-state index is 0.0188. The normalized spacial score (nSPS) is 22.2. The van der Waals surface area contributed by atoms with Crippen LogP contribution in [-0.4, -0.2) is 45.7 Å². The summed E-state index contributed by atoms with van der Waals surface area (Å²) in [5.41, 5.74) is 1.49. The maximum Gasteiger partial charge on any atom is 0.427 e. The molecule has 0 saturated carbocycles. The molecule has 0 aromatic heterocycles. The summed E-state index contributed by atoms with van der Waals surface area (Å²) in [6.45, 7) is 14.8. The van der Waals surface area contributed by atoms with E-state index < -0.39 is 36.9 Å². The van der Waals surface area contributed by atoms with E-state index in [0.29, 0.717) is 11.5 Å². The zero-order valence-corrected chi connectivity index (χ0v) is 25.7. The van der Waals surface area contributed by atoms with E-state index >= 15 is 0 Å². The first-order valence-electron chi connectivity index (χ1n) is 14.3. The fourth-order valence-electron chi connectivity index (χ4n) is 5.77. The van der Waals surface area contributed by atoms with Gasteiger partial charge in [0.2, 0.25) is 0 Å². The molecule has 1 aliphatic heterocycles. The Hall–Kier alpha value is -2.31. The zero-order chi connectivity index (χ0) is 29.1. The first kappa shape index (κ1) is 31.2. The highest BCUT2D eigenvalue weighted by atomic mass is 31.2. The molecule has 218 valence electrons. The Morgan fingerprint density at radius 2 is 1.90 bits per heavy atom. The molecule has 1 aromatic rings. The molecule has 0 spiro atoms. The predicted octanol–water partition coefficient (Wildman–Crippen LogP) is 7.94. The average molecular weight is 564 g/mol. The molecule has 1 aliphatic carbocycles. The molecule has 0 bridgehead atoms. The number of carboxylic acids is 1. The second-order valence-corrected chi connectivity index (χ2v) is 13.8. The Morgan fingerprint density at radius 1 is 1.21 bits per heavy atom. The van der Waals surface area contributed by atoms with Gasteiger partial charge >= 0.3 is 19.2 Å². The van der Waals surface area contributed by atoms with Gasteiger partial charge in [-0.15, -0.1) is 0 Å². The summed E-state index contributed by atoms with van der Waals surface area (Å²) in [5, 5.41) is 9.78. The van der Waals surface area contributed by atoms with E-state index in [9.17, 15) is 19.3 Å². The molecule has 3 rings (SSSR count). The lowest BCUT2D eigenvalue weighted by atomic mass is 9.68. The van der Waals surface area contributed by atoms with Crippen molar-refractivity contribution >= 4 is 19.2 Å². The zero-order valence-electron chi connectivity index (χ0n) is 24.8. The van der Waals surface area contributed by atoms with Crippen LogP contribution in [0.3, 0.4) is 0 Å². The van der Waals surface area contributed by atoms with Crippen molar-refractivity contribution in [1.82, 2.24) is 4.67 Å². The van der Waals surface area contributed by atoms with Crippen LogP contribution in [-0.2, 0) is 20.5 Å². The van der Waals surface area contributed by atoms with Crippen molar-refractivity contribution < 1.29 is 33.3 Å². The van der Waals surface area contributed by atoms with Gasteiger partial charge in [0, 0.05) is 23.9 Å². The van der Waals surface area contributed by atoms with E-state index in [2.05, 4.69) is 33.8 Å². The summed E-state index contributed by atoms with van der Waals surface area (Å²) in [4.78, 5) is 25.4. The Bertz CT molecular complexity index is 1140. The van der Waals surface area contributed by atoms with E-state index in [1.165, 1.54) is 12.5 Å². The van der Waals surface area contributed by atoms with E-state index in [-0.39, 0.29) is 18.4 Å². The van der Waals surface area contributed by atoms with Crippen molar-refractivity contribution in [3.8, 4) is 11.5 Å². The molecular weight excluding hydrogens is 517 g/mol. The molecule has 0 fully saturated rings. The molecule has 0 radical (unpaired) electrons. The van der Waals surface area contributed by atoms with Crippen molar-refractivity contribution in [1.29, 1.82) is 0 Å². The van der Waals surface area contributed by atoms with Gasteiger partial charge in [0.25, 0.3) is 0 Å². The van der Waals surface area contributed by atoms with Crippen LogP contribution in [0.1, 0.15) is 105 Å². The average Bonchev–Trinajstić information content (AvgIpc) is 2.83. The molecule has 0 saturated heterocycles. The lowest BCUT2D eigenvalue weighted by Gasteiger charge is -2.47. The number of hydrogen-bond acceptors (Lipinski definition) is 6. The molecule has 1 aromatic carbocycles. The number of allylic oxidation sites excluding steroid dienone is 2. The Kier molecular flexibility index (Phi) is 9.98. The largest absolute Gasteiger partial charge is 0.487 e. The molecule has 1 unspecified atom stereocenters. The van der Waals surface area contributed by atoms with Crippen LogP contribution in [0.15, 0.2) is 23.8 Å². The minimum atomic E-state index is -4.48. The molecular formula is C30H46NO7P. The Balaban J connectivity index is 2.23. The highest BCUT2D eigenvalue weighted by molar-refractivity contribution is 7.73. The van der Waals surface area contributed by atoms with Crippen LogP contribution in [0.25, 0.3) is 0 Å². The van der Waals surface area contributed by atoms with Crippen molar-refractivity contribution in [3.05, 3.63) is 34.9 Å². The second-order valence-electron chi connectivity index (χ2n) is 11.7. The predicted molar refractivity (Wildman–Crippen MR) is 153 cm³/mol. The molecule has 39 heavy (non-hydrogen) atoms. The van der Waals surface area contributed by atoms with Gasteiger partial charge in [-0.25, -0.2) is 9.36 Å². The van der Waals surface area contributed by atoms with Gasteiger partial charge in [-0.1, -0.05) is 38.3 Å². The summed E-state index contributed by atoms with van der Waals surface area (Å²) in [6.07, 6.45) is 7.44. The number of carboxylic acid groups (broad SMARTS) is 1. The fourth-order valence-corrected chi connectivity index (χ4v) is 7.85. The quantitative estimate of drug-likeness (QED) is 0.155. The van der Waals surface area contributed by atoms with Crippen LogP contribution in [0.4, 0.5) is 4.79 Å². The van der Waals surface area contributed by atoms with Crippen LogP contribution < -0.4 is 9.26 Å². The van der Waals surface area contributed by atoms with Gasteiger partial charge in [0.15, 0.2) is 0 Å². The van der Waals surface area contributed by atoms with Crippen molar-refractivity contribution in [2.45, 2.75) is 118 Å². The van der Waals surface area contributed by atoms with Gasteiger partial charge < -0.3 is 19.1 Å². The fraction of sp³-hybridized carbons (Fsp3) is 0.667. The Morgan fingerprint density at radius 3 is 2.49 bits per heavy atom. The first-order chi connectivity index (χ1) is 18.2. The van der Waals surface area contributed by atoms with Crippen LogP contribution >= 0.6 is 7.52 Å². The van der Waals surface area contributed by atoms with Crippen molar-refractivity contribution in [3.63, 3.8) is 0 Å². The lowest BCUT2D eigenvalue weighted by Crippen LogP contribution is -2.45. The summed E-state index contributed by atoms with van der Waals surface area (Å²) in [5.74, 6) is -0.142. The smallest absolute Gasteiger partial charge is 0.427 e. The molecule has 8 nitrogen and oxygen atoms in total. The molecule has 1 heterocycles. The summed E-state index contributed by atoms with van der Waals surface area (Å²) < 4.78 is 34.1. The van der Waals surface area contributed by atoms with Gasteiger partial charge in [-0.2, -0.15) is 4.67 Å². The van der Waals surface area contributed by atoms with E-state index in [1.807, 2.05) is 12.1 Å². The van der Waals surface area contributed by atoms with Crippen molar-refractivity contribution in [2.24, 2.45) is 5.92 Å². The topological polar surface area (TPSA) is 102 Å². The number of unbranched alkanes of at least 4 members (excludes halogenated alkanes) is 2. The summed E-state index contributed by atoms with van der Waals surface area (Å²) in [7, 11) is -4.48. The van der Waals surface area contributed by atoms with Crippen LogP contribution in [0, 0.1) is 5.92 Å². The molecule has 9 heteroatoms. The SMILES string of the molecule is CCCCCc1cc2c(c(OP(=O)(C(=O)OC(C)C)N(CC)[C@@H](C)C(=O)O)c1)[C@@H]1C=C(C)CC[C@H]1C(C)(C)O2. The number of rotatable bonds is 12. The molecule has 4 atom stereocenters. The van der Waals surface area contributed by atoms with Gasteiger partial charge in [-0.3, -0.25) is 4.79 Å². The molecule has 0 amide bonds. The second kappa shape index (κ2) is 12.5. The molecule has 1 N–H and O–H groups in total. The summed E-state index contributed by atoms with van der Waals surface area (Å²) >= 11 is 0. The monoisotopic (exact) mass is 563 g/mol. The van der Waals surface area contributed by atoms with Crippen LogP contribution in [0.5, 0.6) is 11.5 Å². The number of benzene rings is 1. The number of carbonyl (C=O) groups excluding carboxylic acids is 1. The standard InChI is InChI=1S/C30H46NO7P/c1-9-11-12-13-22-17-25-27(23-16-20(5)14-15-24(23)30(7,8)37-25)26(18-22)38-39(35,29(34)36-19(3)4)31(10-2)21(6)28(32)33/h16-19,21,23-24H,9-15H2,1-8H3,(H,32,33)/t21-,23+,24+,39?/m0/s1. The van der Waals surface area contributed by atoms with E-state index in [0.717, 1.165) is 54.3 Å². The van der Waals surface area contributed by atoms with Gasteiger partial charge in [0.1, 0.15) is 23.1 Å². The number of ether oxygens (including phenoxy) is 2. The molecule has 2 aliphatic rings. The third kappa shape index (κ3) is 6.71. The van der Waals surface area contributed by atoms with E-state index in [1.54, 1.807) is 20.8 Å². The number of nitrogens with zero attached hydrogens (tertiary/aromatic N) is 1. The van der Waals surface area contributed by atoms with E-state index in [4.69, 9.17) is 14.0 Å². The number of hydrogen-bond donors (Lipinski definition) is 1. The van der Waals surface area contributed by atoms with Crippen molar-refractivity contribution in [2.75, 3.05) is 6.54 Å². The highest BCUT2D eigenvalue weighted by Crippen LogP contribution is 2.59. The number of fused-ring (bicyclic) bond motifs is 3. The lowest BCUT2D eigenvalue weighted by molar-refractivity contribution is -0.141. The third-order valence-corrected chi connectivity index (χ3v) is 10.2. The number of likely N-dealkylation sites (N-methyl/N-ethyl adjacent to an activating group) is 1. The first-order valence-corrected chi connectivity index (χ1v) is 15.9. The maximum absolute atomic E-state index is 14.6. The minimum Gasteiger partial charge on any atom is -0.487 e. The number of carbonyl (C=O) groups is 2. The summed E-state index contributed by atoms with van der Waals surface area (Å²) in [6, 6.07) is 2.67. The third-order valence-electron chi connectivity index (χ3n) is 7.84. The Labute approximate surface area is 233 Å². The van der Waals surface area contributed by atoms with Gasteiger partial charge in [0.05, 0.1) is 6.10 Å². The number of aliphatic carboxylic acids is 1.